The molecule has 0 aliphatic carbocycles. The Bertz CT molecular complexity index is 753. The van der Waals surface area contributed by atoms with Crippen LogP contribution in [0.5, 0.6) is 5.75 Å². The molecule has 3 N–H and O–H groups in total. The van der Waals surface area contributed by atoms with Crippen molar-refractivity contribution in [1.29, 1.82) is 0 Å². The van der Waals surface area contributed by atoms with E-state index in [1.807, 2.05) is 18.2 Å². The molecule has 0 bridgehead atoms. The standard InChI is InChI=1S/C19H25N3O3/c1-2-3-10-25-14-8-7-13-11-17(21-16(13)12-14)19(24)22-15-6-4-5-9-20-18(15)23/h7-8,11-12,15,21H,2-6,9-10H2,1H3,(H,20,23)(H,22,24)/t15-/m0/s1. The number of rotatable bonds is 6. The van der Waals surface area contributed by atoms with E-state index in [1.54, 1.807) is 6.07 Å². The fourth-order valence-corrected chi connectivity index (χ4v) is 2.97. The predicted molar refractivity (Wildman–Crippen MR) is 96.8 cm³/mol. The number of benzene rings is 1. The maximum Gasteiger partial charge on any atom is 0.268 e. The highest BCUT2D eigenvalue weighted by Gasteiger charge is 2.23. The van der Waals surface area contributed by atoms with Crippen LogP contribution in [0.1, 0.15) is 49.5 Å². The summed E-state index contributed by atoms with van der Waals surface area (Å²) in [5.74, 6) is 0.429. The summed E-state index contributed by atoms with van der Waals surface area (Å²) in [6.45, 7) is 3.49. The highest BCUT2D eigenvalue weighted by Crippen LogP contribution is 2.22. The highest BCUT2D eigenvalue weighted by atomic mass is 16.5. The van der Waals surface area contributed by atoms with Crippen molar-refractivity contribution in [1.82, 2.24) is 15.6 Å². The van der Waals surface area contributed by atoms with Crippen molar-refractivity contribution in [3.63, 3.8) is 0 Å². The quantitative estimate of drug-likeness (QED) is 0.705. The largest absolute Gasteiger partial charge is 0.494 e. The second-order valence-electron chi connectivity index (χ2n) is 6.45. The Kier molecular flexibility index (Phi) is 5.58. The molecule has 1 aromatic heterocycles. The number of amides is 2. The normalized spacial score (nSPS) is 17.8. The zero-order valence-electron chi connectivity index (χ0n) is 14.6. The zero-order chi connectivity index (χ0) is 17.6. The first-order valence-electron chi connectivity index (χ1n) is 9.01. The van der Waals surface area contributed by atoms with E-state index < -0.39 is 6.04 Å². The van der Waals surface area contributed by atoms with Gasteiger partial charge in [-0.2, -0.15) is 0 Å². The van der Waals surface area contributed by atoms with Gasteiger partial charge in [0.1, 0.15) is 17.5 Å². The monoisotopic (exact) mass is 343 g/mol. The Morgan fingerprint density at radius 3 is 3.04 bits per heavy atom. The number of fused-ring (bicyclic) bond motifs is 1. The van der Waals surface area contributed by atoms with Gasteiger partial charge >= 0.3 is 0 Å². The van der Waals surface area contributed by atoms with Gasteiger partial charge in [0, 0.05) is 23.5 Å². The predicted octanol–water partition coefficient (Wildman–Crippen LogP) is 2.75. The molecule has 1 fully saturated rings. The smallest absolute Gasteiger partial charge is 0.268 e. The van der Waals surface area contributed by atoms with Crippen LogP contribution in [0.2, 0.25) is 0 Å². The molecule has 25 heavy (non-hydrogen) atoms. The number of unbranched alkanes of at least 4 members (excludes halogenated alkanes) is 1. The van der Waals surface area contributed by atoms with Crippen LogP contribution in [-0.4, -0.2) is 36.0 Å². The molecule has 2 amide bonds. The van der Waals surface area contributed by atoms with Gasteiger partial charge in [-0.15, -0.1) is 0 Å². The summed E-state index contributed by atoms with van der Waals surface area (Å²) in [6.07, 6.45) is 4.65. The van der Waals surface area contributed by atoms with Crippen molar-refractivity contribution in [3.8, 4) is 5.75 Å². The Morgan fingerprint density at radius 2 is 2.20 bits per heavy atom. The van der Waals surface area contributed by atoms with Gasteiger partial charge in [0.2, 0.25) is 5.91 Å². The lowest BCUT2D eigenvalue weighted by Gasteiger charge is -2.14. The summed E-state index contributed by atoms with van der Waals surface area (Å²) in [7, 11) is 0. The molecule has 1 aliphatic rings. The minimum Gasteiger partial charge on any atom is -0.494 e. The number of hydrogen-bond donors (Lipinski definition) is 3. The van der Waals surface area contributed by atoms with Crippen LogP contribution < -0.4 is 15.4 Å². The summed E-state index contributed by atoms with van der Waals surface area (Å²) in [4.78, 5) is 27.6. The van der Waals surface area contributed by atoms with Crippen molar-refractivity contribution in [3.05, 3.63) is 30.0 Å². The molecular formula is C19H25N3O3. The van der Waals surface area contributed by atoms with Gasteiger partial charge < -0.3 is 20.4 Å². The third-order valence-electron chi connectivity index (χ3n) is 4.45. The molecule has 134 valence electrons. The van der Waals surface area contributed by atoms with Crippen molar-refractivity contribution in [2.45, 2.75) is 45.1 Å². The van der Waals surface area contributed by atoms with Gasteiger partial charge in [0.25, 0.3) is 5.91 Å². The minimum atomic E-state index is -0.464. The summed E-state index contributed by atoms with van der Waals surface area (Å²) in [5, 5.41) is 6.60. The van der Waals surface area contributed by atoms with Crippen LogP contribution >= 0.6 is 0 Å². The lowest BCUT2D eigenvalue weighted by Crippen LogP contribution is -2.45. The second kappa shape index (κ2) is 8.05. The molecule has 6 nitrogen and oxygen atoms in total. The van der Waals surface area contributed by atoms with Gasteiger partial charge in [-0.25, -0.2) is 0 Å². The molecule has 3 rings (SSSR count). The van der Waals surface area contributed by atoms with Crippen LogP contribution in [0.3, 0.4) is 0 Å². The molecule has 0 spiro atoms. The summed E-state index contributed by atoms with van der Waals surface area (Å²) >= 11 is 0. The van der Waals surface area contributed by atoms with Gasteiger partial charge in [-0.1, -0.05) is 13.3 Å². The van der Waals surface area contributed by atoms with E-state index in [0.29, 0.717) is 25.3 Å². The van der Waals surface area contributed by atoms with Crippen LogP contribution in [-0.2, 0) is 4.79 Å². The fraction of sp³-hybridized carbons (Fsp3) is 0.474. The van der Waals surface area contributed by atoms with Crippen molar-refractivity contribution in [2.24, 2.45) is 0 Å². The molecule has 1 saturated heterocycles. The van der Waals surface area contributed by atoms with Crippen molar-refractivity contribution >= 4 is 22.7 Å². The number of nitrogens with one attached hydrogen (secondary N) is 3. The number of carbonyl (C=O) groups is 2. The van der Waals surface area contributed by atoms with Gasteiger partial charge in [-0.05, 0) is 43.9 Å². The Balaban J connectivity index is 1.69. The third-order valence-corrected chi connectivity index (χ3v) is 4.45. The van der Waals surface area contributed by atoms with E-state index in [-0.39, 0.29) is 11.8 Å². The average molecular weight is 343 g/mol. The molecule has 6 heteroatoms. The maximum atomic E-state index is 12.5. The molecular weight excluding hydrogens is 318 g/mol. The first-order chi connectivity index (χ1) is 12.2. The Hall–Kier alpha value is -2.50. The number of hydrogen-bond acceptors (Lipinski definition) is 3. The second-order valence-corrected chi connectivity index (χ2v) is 6.45. The minimum absolute atomic E-state index is 0.103. The SMILES string of the molecule is CCCCOc1ccc2cc(C(=O)N[C@H]3CCCCNC3=O)[nH]c2c1. The van der Waals surface area contributed by atoms with E-state index in [4.69, 9.17) is 4.74 Å². The van der Waals surface area contributed by atoms with Crippen molar-refractivity contribution < 1.29 is 14.3 Å². The molecule has 0 saturated carbocycles. The number of carbonyl (C=O) groups excluding carboxylic acids is 2. The van der Waals surface area contributed by atoms with Gasteiger partial charge in [0.05, 0.1) is 6.61 Å². The van der Waals surface area contributed by atoms with Crippen molar-refractivity contribution in [2.75, 3.05) is 13.2 Å². The molecule has 2 aromatic rings. The number of ether oxygens (including phenoxy) is 1. The molecule has 0 unspecified atom stereocenters. The summed E-state index contributed by atoms with van der Waals surface area (Å²) in [5.41, 5.74) is 1.31. The van der Waals surface area contributed by atoms with Crippen LogP contribution in [0.4, 0.5) is 0 Å². The Morgan fingerprint density at radius 1 is 1.32 bits per heavy atom. The number of aromatic amines is 1. The zero-order valence-corrected chi connectivity index (χ0v) is 14.6. The first kappa shape index (κ1) is 17.3. The lowest BCUT2D eigenvalue weighted by molar-refractivity contribution is -0.122. The van der Waals surface area contributed by atoms with Gasteiger partial charge in [-0.3, -0.25) is 9.59 Å². The topological polar surface area (TPSA) is 83.2 Å². The summed E-state index contributed by atoms with van der Waals surface area (Å²) in [6, 6.07) is 7.08. The molecule has 1 aromatic carbocycles. The van der Waals surface area contributed by atoms with E-state index in [9.17, 15) is 9.59 Å². The first-order valence-corrected chi connectivity index (χ1v) is 9.01. The molecule has 2 heterocycles. The van der Waals surface area contributed by atoms with E-state index in [0.717, 1.165) is 42.3 Å². The van der Waals surface area contributed by atoms with Crippen LogP contribution in [0.25, 0.3) is 10.9 Å². The fourth-order valence-electron chi connectivity index (χ4n) is 2.97. The Labute approximate surface area is 147 Å². The molecule has 1 aliphatic heterocycles. The number of H-pyrrole nitrogens is 1. The van der Waals surface area contributed by atoms with E-state index in [2.05, 4.69) is 22.5 Å². The lowest BCUT2D eigenvalue weighted by atomic mass is 10.1. The van der Waals surface area contributed by atoms with Gasteiger partial charge in [0.15, 0.2) is 0 Å². The van der Waals surface area contributed by atoms with Crippen LogP contribution in [0, 0.1) is 0 Å². The summed E-state index contributed by atoms with van der Waals surface area (Å²) < 4.78 is 5.70. The average Bonchev–Trinajstić information content (AvgIpc) is 2.93. The molecule has 1 atom stereocenters. The van der Waals surface area contributed by atoms with Crippen LogP contribution in [0.15, 0.2) is 24.3 Å². The highest BCUT2D eigenvalue weighted by molar-refractivity contribution is 6.00. The third kappa shape index (κ3) is 4.32. The van der Waals surface area contributed by atoms with E-state index in [1.165, 1.54) is 0 Å². The molecule has 0 radical (unpaired) electrons. The van der Waals surface area contributed by atoms with E-state index >= 15 is 0 Å². The maximum absolute atomic E-state index is 12.5. The number of aromatic nitrogens is 1.